The Morgan fingerprint density at radius 1 is 0.960 bits per heavy atom. The van der Waals surface area contributed by atoms with E-state index in [1.165, 1.54) is 0 Å². The minimum absolute atomic E-state index is 0.0526. The number of benzene rings is 2. The molecule has 0 saturated heterocycles. The highest BCUT2D eigenvalue weighted by molar-refractivity contribution is 9.10. The van der Waals surface area contributed by atoms with Gasteiger partial charge in [0.2, 0.25) is 0 Å². The van der Waals surface area contributed by atoms with Crippen LogP contribution in [0.3, 0.4) is 0 Å². The molecule has 5 nitrogen and oxygen atoms in total. The Morgan fingerprint density at radius 3 is 2.28 bits per heavy atom. The van der Waals surface area contributed by atoms with Gasteiger partial charge >= 0.3 is 5.97 Å². The Morgan fingerprint density at radius 2 is 1.64 bits per heavy atom. The maximum absolute atomic E-state index is 12.3. The number of aliphatic carboxylic acids is 1. The van der Waals surface area contributed by atoms with Crippen LogP contribution < -0.4 is 5.32 Å². The minimum atomic E-state index is -0.896. The van der Waals surface area contributed by atoms with Crippen LogP contribution >= 0.6 is 15.9 Å². The van der Waals surface area contributed by atoms with E-state index in [9.17, 15) is 9.59 Å². The van der Waals surface area contributed by atoms with Crippen molar-refractivity contribution >= 4 is 33.5 Å². The van der Waals surface area contributed by atoms with Gasteiger partial charge in [-0.3, -0.25) is 9.59 Å². The molecule has 2 N–H and O–H groups in total. The molecule has 0 aliphatic rings. The van der Waals surface area contributed by atoms with Crippen molar-refractivity contribution in [2.24, 2.45) is 0 Å². The molecule has 0 aliphatic heterocycles. The fraction of sp³-hybridized carbons (Fsp3) is 0.0526. The molecule has 2 aromatic carbocycles. The number of anilines is 1. The second-order valence-electron chi connectivity index (χ2n) is 5.39. The first-order valence-corrected chi connectivity index (χ1v) is 8.28. The molecular weight excluding hydrogens is 386 g/mol. The number of carbonyl (C=O) groups excluding carboxylic acids is 1. The maximum Gasteiger partial charge on any atom is 0.307 e. The van der Waals surface area contributed by atoms with Crippen LogP contribution in [0.4, 0.5) is 5.69 Å². The predicted octanol–water partition coefficient (Wildman–Crippen LogP) is 4.59. The Balaban J connectivity index is 1.69. The molecule has 0 radical (unpaired) electrons. The van der Waals surface area contributed by atoms with E-state index in [0.717, 1.165) is 10.0 Å². The quantitative estimate of drug-likeness (QED) is 0.657. The van der Waals surface area contributed by atoms with Gasteiger partial charge in [0, 0.05) is 15.7 Å². The topological polar surface area (TPSA) is 79.5 Å². The number of nitrogens with one attached hydrogen (secondary N) is 1. The van der Waals surface area contributed by atoms with Gasteiger partial charge in [-0.25, -0.2) is 0 Å². The first-order chi connectivity index (χ1) is 12.0. The standard InChI is InChI=1S/C19H14BrNO4/c20-14-5-3-13(4-6-14)16-9-10-17(25-16)19(24)21-15-7-1-12(2-8-15)11-18(22)23/h1-10H,11H2,(H,21,24)(H,22,23). The maximum atomic E-state index is 12.3. The predicted molar refractivity (Wildman–Crippen MR) is 97.6 cm³/mol. The van der Waals surface area contributed by atoms with Gasteiger partial charge in [0.05, 0.1) is 6.42 Å². The molecule has 1 amide bonds. The smallest absolute Gasteiger partial charge is 0.307 e. The summed E-state index contributed by atoms with van der Waals surface area (Å²) < 4.78 is 6.58. The lowest BCUT2D eigenvalue weighted by atomic mass is 10.1. The van der Waals surface area contributed by atoms with Crippen molar-refractivity contribution in [3.05, 3.63) is 76.5 Å². The number of hydrogen-bond donors (Lipinski definition) is 2. The summed E-state index contributed by atoms with van der Waals surface area (Å²) in [5.41, 5.74) is 2.11. The van der Waals surface area contributed by atoms with Crippen LogP contribution in [0.15, 0.2) is 69.6 Å². The summed E-state index contributed by atoms with van der Waals surface area (Å²) >= 11 is 3.37. The van der Waals surface area contributed by atoms with Crippen LogP contribution in [0.2, 0.25) is 0 Å². The second-order valence-corrected chi connectivity index (χ2v) is 6.31. The molecule has 0 spiro atoms. The van der Waals surface area contributed by atoms with Crippen LogP contribution in [-0.2, 0) is 11.2 Å². The summed E-state index contributed by atoms with van der Waals surface area (Å²) in [6, 6.07) is 17.6. The number of hydrogen-bond acceptors (Lipinski definition) is 3. The summed E-state index contributed by atoms with van der Waals surface area (Å²) in [7, 11) is 0. The number of rotatable bonds is 5. The number of amides is 1. The molecule has 126 valence electrons. The Hall–Kier alpha value is -2.86. The Labute approximate surface area is 152 Å². The average Bonchev–Trinajstić information content (AvgIpc) is 3.07. The average molecular weight is 400 g/mol. The third-order valence-electron chi connectivity index (χ3n) is 3.53. The first-order valence-electron chi connectivity index (χ1n) is 7.49. The van der Waals surface area contributed by atoms with Gasteiger partial charge in [-0.1, -0.05) is 40.2 Å². The van der Waals surface area contributed by atoms with Crippen molar-refractivity contribution in [1.82, 2.24) is 0 Å². The monoisotopic (exact) mass is 399 g/mol. The van der Waals surface area contributed by atoms with Crippen molar-refractivity contribution in [2.45, 2.75) is 6.42 Å². The summed E-state index contributed by atoms with van der Waals surface area (Å²) in [4.78, 5) is 22.9. The van der Waals surface area contributed by atoms with Gasteiger partial charge in [0.25, 0.3) is 5.91 Å². The zero-order valence-electron chi connectivity index (χ0n) is 13.0. The van der Waals surface area contributed by atoms with E-state index in [1.54, 1.807) is 36.4 Å². The molecular formula is C19H14BrNO4. The van der Waals surface area contributed by atoms with Crippen LogP contribution in [0.5, 0.6) is 0 Å². The van der Waals surface area contributed by atoms with Crippen LogP contribution in [0.1, 0.15) is 16.1 Å². The molecule has 3 aromatic rings. The van der Waals surface area contributed by atoms with Gasteiger partial charge in [-0.05, 0) is 42.0 Å². The highest BCUT2D eigenvalue weighted by atomic mass is 79.9. The Bertz CT molecular complexity index is 898. The second kappa shape index (κ2) is 7.36. The molecule has 3 rings (SSSR count). The zero-order valence-corrected chi connectivity index (χ0v) is 14.6. The van der Waals surface area contributed by atoms with Crippen molar-refractivity contribution in [3.63, 3.8) is 0 Å². The lowest BCUT2D eigenvalue weighted by molar-refractivity contribution is -0.136. The number of carboxylic acid groups (broad SMARTS) is 1. The van der Waals surface area contributed by atoms with Crippen LogP contribution in [0, 0.1) is 0 Å². The van der Waals surface area contributed by atoms with E-state index in [2.05, 4.69) is 21.2 Å². The van der Waals surface area contributed by atoms with Crippen molar-refractivity contribution in [2.75, 3.05) is 5.32 Å². The molecule has 1 aromatic heterocycles. The highest BCUT2D eigenvalue weighted by Gasteiger charge is 2.12. The fourth-order valence-corrected chi connectivity index (χ4v) is 2.57. The molecule has 0 saturated carbocycles. The summed E-state index contributed by atoms with van der Waals surface area (Å²) in [6.45, 7) is 0. The lowest BCUT2D eigenvalue weighted by Gasteiger charge is -2.04. The van der Waals surface area contributed by atoms with E-state index in [0.29, 0.717) is 17.0 Å². The lowest BCUT2D eigenvalue weighted by Crippen LogP contribution is -2.10. The highest BCUT2D eigenvalue weighted by Crippen LogP contribution is 2.24. The van der Waals surface area contributed by atoms with Crippen molar-refractivity contribution in [3.8, 4) is 11.3 Å². The van der Waals surface area contributed by atoms with Crippen molar-refractivity contribution < 1.29 is 19.1 Å². The van der Waals surface area contributed by atoms with E-state index in [-0.39, 0.29) is 18.1 Å². The van der Waals surface area contributed by atoms with Crippen LogP contribution in [-0.4, -0.2) is 17.0 Å². The fourth-order valence-electron chi connectivity index (χ4n) is 2.30. The van der Waals surface area contributed by atoms with Gasteiger partial charge in [0.1, 0.15) is 5.76 Å². The van der Waals surface area contributed by atoms with E-state index >= 15 is 0 Å². The molecule has 0 atom stereocenters. The minimum Gasteiger partial charge on any atom is -0.481 e. The SMILES string of the molecule is O=C(O)Cc1ccc(NC(=O)c2ccc(-c3ccc(Br)cc3)o2)cc1. The van der Waals surface area contributed by atoms with E-state index < -0.39 is 5.97 Å². The van der Waals surface area contributed by atoms with Gasteiger partial charge in [-0.2, -0.15) is 0 Å². The largest absolute Gasteiger partial charge is 0.481 e. The molecule has 0 unspecified atom stereocenters. The third-order valence-corrected chi connectivity index (χ3v) is 4.05. The summed E-state index contributed by atoms with van der Waals surface area (Å²) in [5.74, 6) is -0.454. The van der Waals surface area contributed by atoms with Crippen molar-refractivity contribution in [1.29, 1.82) is 0 Å². The van der Waals surface area contributed by atoms with Gasteiger partial charge in [0.15, 0.2) is 5.76 Å². The van der Waals surface area contributed by atoms with E-state index in [4.69, 9.17) is 9.52 Å². The third kappa shape index (κ3) is 4.36. The zero-order chi connectivity index (χ0) is 17.8. The normalized spacial score (nSPS) is 10.4. The molecule has 0 aliphatic carbocycles. The number of carbonyl (C=O) groups is 2. The van der Waals surface area contributed by atoms with Gasteiger partial charge in [-0.15, -0.1) is 0 Å². The number of halogens is 1. The summed E-state index contributed by atoms with van der Waals surface area (Å²) in [6.07, 6.45) is -0.0526. The summed E-state index contributed by atoms with van der Waals surface area (Å²) in [5, 5.41) is 11.5. The van der Waals surface area contributed by atoms with Crippen LogP contribution in [0.25, 0.3) is 11.3 Å². The van der Waals surface area contributed by atoms with E-state index in [1.807, 2.05) is 24.3 Å². The molecule has 25 heavy (non-hydrogen) atoms. The molecule has 6 heteroatoms. The van der Waals surface area contributed by atoms with Gasteiger partial charge < -0.3 is 14.8 Å². The molecule has 1 heterocycles. The Kier molecular flexibility index (Phi) is 5.00. The first kappa shape index (κ1) is 17.0. The number of furan rings is 1. The molecule has 0 bridgehead atoms. The molecule has 0 fully saturated rings. The number of carboxylic acids is 1.